The van der Waals surface area contributed by atoms with Crippen molar-refractivity contribution < 1.29 is 39.9 Å². The Morgan fingerprint density at radius 3 is 1.84 bits per heavy atom. The molecule has 0 radical (unpaired) electrons. The van der Waals surface area contributed by atoms with Crippen molar-refractivity contribution in [1.82, 2.24) is 4.98 Å². The number of rotatable bonds is 10. The second kappa shape index (κ2) is 13.1. The maximum Gasteiger partial charge on any atom is 0.432 e. The van der Waals surface area contributed by atoms with Crippen LogP contribution in [0.5, 0.6) is 5.75 Å². The van der Waals surface area contributed by atoms with Gasteiger partial charge in [0.2, 0.25) is 0 Å². The number of halogens is 8. The predicted octanol–water partition coefficient (Wildman–Crippen LogP) is 10.8. The van der Waals surface area contributed by atoms with Crippen LogP contribution in [0.3, 0.4) is 0 Å². The van der Waals surface area contributed by atoms with E-state index in [1.807, 2.05) is 6.07 Å². The van der Waals surface area contributed by atoms with Crippen molar-refractivity contribution in [1.29, 1.82) is 0 Å². The number of aryl methyl sites for hydroxylation is 1. The Bertz CT molecular complexity index is 1820. The van der Waals surface area contributed by atoms with Gasteiger partial charge in [-0.2, -0.15) is 8.78 Å². The van der Waals surface area contributed by atoms with Crippen molar-refractivity contribution in [2.45, 2.75) is 38.7 Å². The minimum Gasteiger partial charge on any atom is -0.429 e. The van der Waals surface area contributed by atoms with Crippen molar-refractivity contribution in [2.24, 2.45) is 0 Å². The van der Waals surface area contributed by atoms with E-state index in [1.54, 1.807) is 12.3 Å². The van der Waals surface area contributed by atoms with Gasteiger partial charge in [-0.1, -0.05) is 44.0 Å². The molecule has 1 heterocycles. The molecule has 0 aliphatic carbocycles. The summed E-state index contributed by atoms with van der Waals surface area (Å²) in [6.45, 7) is 2.11. The summed E-state index contributed by atoms with van der Waals surface area (Å²) in [6, 6.07) is 13.5. The van der Waals surface area contributed by atoms with Gasteiger partial charge in [0.25, 0.3) is 0 Å². The van der Waals surface area contributed by atoms with Gasteiger partial charge in [-0.05, 0) is 78.1 Å². The lowest BCUT2D eigenvalue weighted by atomic mass is 9.99. The zero-order valence-electron chi connectivity index (χ0n) is 23.8. The lowest BCUT2D eigenvalue weighted by molar-refractivity contribution is -0.189. The summed E-state index contributed by atoms with van der Waals surface area (Å²) in [6.07, 6.45) is 1.18. The molecular formula is C35H25F8NO. The standard InChI is InChI=1S/C35H25F8NO/c1-2-3-4-5-20-6-13-33(44-19-20)22-7-10-26(28(37)15-22)23-16-31(40)34(32(41)17-23)35(42,43)45-24-9-11-25(29(38)18-24)21-8-12-27(36)30(39)14-21/h6-19H,2-5H2,1H3. The van der Waals surface area contributed by atoms with Gasteiger partial charge in [0, 0.05) is 29.0 Å². The molecule has 0 aliphatic heterocycles. The first kappa shape index (κ1) is 31.7. The number of benzene rings is 4. The number of hydrogen-bond acceptors (Lipinski definition) is 2. The monoisotopic (exact) mass is 627 g/mol. The third kappa shape index (κ3) is 7.00. The molecule has 0 saturated carbocycles. The SMILES string of the molecule is CCCCCc1ccc(-c2ccc(-c3cc(F)c(C(F)(F)Oc4ccc(-c5ccc(F)c(F)c5)c(F)c4)c(F)c3)c(F)c2)nc1. The molecule has 4 aromatic carbocycles. The zero-order chi connectivity index (χ0) is 32.3. The van der Waals surface area contributed by atoms with E-state index in [0.29, 0.717) is 29.5 Å². The van der Waals surface area contributed by atoms with Gasteiger partial charge in [-0.15, -0.1) is 0 Å². The number of pyridine rings is 1. The summed E-state index contributed by atoms with van der Waals surface area (Å²) in [5.74, 6) is -8.64. The molecule has 0 aliphatic rings. The molecule has 1 aromatic heterocycles. The molecule has 0 atom stereocenters. The summed E-state index contributed by atoms with van der Waals surface area (Å²) in [7, 11) is 0. The molecular weight excluding hydrogens is 602 g/mol. The fraction of sp³-hybridized carbons (Fsp3) is 0.171. The van der Waals surface area contributed by atoms with Crippen molar-refractivity contribution >= 4 is 0 Å². The van der Waals surface area contributed by atoms with E-state index in [4.69, 9.17) is 0 Å². The van der Waals surface area contributed by atoms with Crippen molar-refractivity contribution in [3.8, 4) is 39.3 Å². The van der Waals surface area contributed by atoms with Gasteiger partial charge in [0.05, 0.1) is 5.69 Å². The average Bonchev–Trinajstić information content (AvgIpc) is 2.98. The number of ether oxygens (including phenoxy) is 1. The predicted molar refractivity (Wildman–Crippen MR) is 154 cm³/mol. The molecule has 2 nitrogen and oxygen atoms in total. The Kier molecular flexibility index (Phi) is 9.22. The molecule has 10 heteroatoms. The van der Waals surface area contributed by atoms with E-state index in [1.165, 1.54) is 12.1 Å². The van der Waals surface area contributed by atoms with Crippen LogP contribution in [0.15, 0.2) is 85.1 Å². The normalized spacial score (nSPS) is 11.6. The molecule has 0 spiro atoms. The maximum absolute atomic E-state index is 15.1. The fourth-order valence-corrected chi connectivity index (χ4v) is 4.89. The zero-order valence-corrected chi connectivity index (χ0v) is 23.8. The molecule has 0 unspecified atom stereocenters. The molecule has 0 N–H and O–H groups in total. The van der Waals surface area contributed by atoms with Crippen LogP contribution in [0.25, 0.3) is 33.5 Å². The van der Waals surface area contributed by atoms with E-state index in [9.17, 15) is 30.7 Å². The second-order valence-corrected chi connectivity index (χ2v) is 10.4. The third-order valence-electron chi connectivity index (χ3n) is 7.22. The Labute approximate surface area is 254 Å². The summed E-state index contributed by atoms with van der Waals surface area (Å²) in [5.41, 5.74) is -0.737. The van der Waals surface area contributed by atoms with Gasteiger partial charge in [-0.3, -0.25) is 4.98 Å². The molecule has 232 valence electrons. The van der Waals surface area contributed by atoms with Crippen LogP contribution in [0, 0.1) is 34.9 Å². The lowest BCUT2D eigenvalue weighted by Crippen LogP contribution is -2.25. The van der Waals surface area contributed by atoms with Crippen LogP contribution in [0.4, 0.5) is 35.1 Å². The van der Waals surface area contributed by atoms with Gasteiger partial charge in [0.15, 0.2) is 11.6 Å². The fourth-order valence-electron chi connectivity index (χ4n) is 4.89. The largest absolute Gasteiger partial charge is 0.432 e. The summed E-state index contributed by atoms with van der Waals surface area (Å²) in [5, 5.41) is 0. The second-order valence-electron chi connectivity index (χ2n) is 10.4. The highest BCUT2D eigenvalue weighted by Gasteiger charge is 2.41. The topological polar surface area (TPSA) is 22.1 Å². The van der Waals surface area contributed by atoms with Crippen LogP contribution in [-0.4, -0.2) is 4.98 Å². The van der Waals surface area contributed by atoms with E-state index in [-0.39, 0.29) is 22.3 Å². The maximum atomic E-state index is 15.1. The minimum absolute atomic E-state index is 0.0790. The molecule has 0 bridgehead atoms. The Morgan fingerprint density at radius 1 is 0.600 bits per heavy atom. The highest BCUT2D eigenvalue weighted by atomic mass is 19.3. The number of unbranched alkanes of at least 4 members (excludes halogenated alkanes) is 2. The van der Waals surface area contributed by atoms with Crippen LogP contribution >= 0.6 is 0 Å². The number of alkyl halides is 2. The van der Waals surface area contributed by atoms with E-state index in [0.717, 1.165) is 67.6 Å². The first-order valence-electron chi connectivity index (χ1n) is 14.0. The van der Waals surface area contributed by atoms with Crippen LogP contribution in [0.2, 0.25) is 0 Å². The molecule has 0 fully saturated rings. The number of hydrogen-bond donors (Lipinski definition) is 0. The summed E-state index contributed by atoms with van der Waals surface area (Å²) >= 11 is 0. The smallest absolute Gasteiger partial charge is 0.429 e. The molecule has 5 rings (SSSR count). The van der Waals surface area contributed by atoms with Gasteiger partial charge < -0.3 is 4.74 Å². The highest BCUT2D eigenvalue weighted by molar-refractivity contribution is 5.70. The number of aromatic nitrogens is 1. The first-order chi connectivity index (χ1) is 21.5. The van der Waals surface area contributed by atoms with Crippen molar-refractivity contribution in [2.75, 3.05) is 0 Å². The van der Waals surface area contributed by atoms with Gasteiger partial charge in [0.1, 0.15) is 34.6 Å². The highest BCUT2D eigenvalue weighted by Crippen LogP contribution is 2.39. The quantitative estimate of drug-likeness (QED) is 0.114. The first-order valence-corrected chi connectivity index (χ1v) is 14.0. The molecule has 5 aromatic rings. The molecule has 0 saturated heterocycles. The van der Waals surface area contributed by atoms with Crippen LogP contribution < -0.4 is 4.74 Å². The Hall–Kier alpha value is -4.73. The van der Waals surface area contributed by atoms with Crippen LogP contribution in [0.1, 0.15) is 37.3 Å². The van der Waals surface area contributed by atoms with Crippen molar-refractivity contribution in [3.05, 3.63) is 131 Å². The van der Waals surface area contributed by atoms with E-state index < -0.39 is 52.3 Å². The van der Waals surface area contributed by atoms with Gasteiger partial charge >= 0.3 is 6.11 Å². The van der Waals surface area contributed by atoms with E-state index >= 15 is 4.39 Å². The van der Waals surface area contributed by atoms with Gasteiger partial charge in [-0.25, -0.2) is 26.3 Å². The minimum atomic E-state index is -4.61. The Balaban J connectivity index is 1.36. The summed E-state index contributed by atoms with van der Waals surface area (Å²) < 4.78 is 121. The van der Waals surface area contributed by atoms with Crippen LogP contribution in [-0.2, 0) is 12.5 Å². The molecule has 45 heavy (non-hydrogen) atoms. The lowest BCUT2D eigenvalue weighted by Gasteiger charge is -2.20. The third-order valence-corrected chi connectivity index (χ3v) is 7.22. The van der Waals surface area contributed by atoms with Crippen molar-refractivity contribution in [3.63, 3.8) is 0 Å². The summed E-state index contributed by atoms with van der Waals surface area (Å²) in [4.78, 5) is 4.37. The Morgan fingerprint density at radius 2 is 1.22 bits per heavy atom. The average molecular weight is 628 g/mol. The number of nitrogens with zero attached hydrogens (tertiary/aromatic N) is 1. The van der Waals surface area contributed by atoms with E-state index in [2.05, 4.69) is 16.6 Å². The molecule has 0 amide bonds.